The Morgan fingerprint density at radius 3 is 2.23 bits per heavy atom. The maximum atomic E-state index is 11.0. The van der Waals surface area contributed by atoms with Gasteiger partial charge in [-0.15, -0.1) is 0 Å². The first-order chi connectivity index (χ1) is 5.95. The van der Waals surface area contributed by atoms with Crippen molar-refractivity contribution in [1.29, 1.82) is 0 Å². The van der Waals surface area contributed by atoms with Crippen molar-refractivity contribution in [3.05, 3.63) is 16.6 Å². The molecule has 0 radical (unpaired) electrons. The number of carbonyl (C=O) groups is 2. The summed E-state index contributed by atoms with van der Waals surface area (Å²) in [5.41, 5.74) is -0.759. The van der Waals surface area contributed by atoms with Gasteiger partial charge in [-0.3, -0.25) is 4.79 Å². The van der Waals surface area contributed by atoms with Crippen molar-refractivity contribution < 1.29 is 19.6 Å². The van der Waals surface area contributed by atoms with Crippen LogP contribution in [0, 0.1) is 0 Å². The third-order valence-electron chi connectivity index (χ3n) is 1.40. The first-order valence-corrected chi connectivity index (χ1v) is 3.43. The van der Waals surface area contributed by atoms with Gasteiger partial charge in [0.05, 0.1) is 0 Å². The lowest BCUT2D eigenvalue weighted by Crippen LogP contribution is -2.46. The molecule has 1 aromatic rings. The van der Waals surface area contributed by atoms with E-state index in [1.807, 2.05) is 0 Å². The van der Waals surface area contributed by atoms with Crippen molar-refractivity contribution in [3.63, 3.8) is 0 Å². The van der Waals surface area contributed by atoms with E-state index in [0.717, 1.165) is 20.0 Å². The molecule has 0 fully saturated rings. The summed E-state index contributed by atoms with van der Waals surface area (Å²) in [6.07, 6.45) is 0.725. The van der Waals surface area contributed by atoms with Gasteiger partial charge in [-0.2, -0.15) is 0 Å². The van der Waals surface area contributed by atoms with Crippen LogP contribution in [-0.2, 0) is 0 Å². The van der Waals surface area contributed by atoms with Gasteiger partial charge in [0.2, 0.25) is 0 Å². The van der Waals surface area contributed by atoms with Gasteiger partial charge in [0, 0.05) is 23.5 Å². The molecule has 0 saturated carbocycles. The minimum absolute atomic E-state index is 0.270. The molecule has 0 aliphatic heterocycles. The van der Waals surface area contributed by atoms with E-state index in [1.165, 1.54) is 0 Å². The van der Waals surface area contributed by atoms with Crippen molar-refractivity contribution in [1.82, 2.24) is 9.48 Å². The number of rotatable bonds is 0. The molecule has 13 heavy (non-hydrogen) atoms. The second-order valence-corrected chi connectivity index (χ2v) is 2.43. The second-order valence-electron chi connectivity index (χ2n) is 2.43. The number of carbonyl (C=O) groups excluding carboxylic acids is 2. The van der Waals surface area contributed by atoms with Gasteiger partial charge in [0.1, 0.15) is 0 Å². The van der Waals surface area contributed by atoms with Gasteiger partial charge in [-0.1, -0.05) is 0 Å². The van der Waals surface area contributed by atoms with Crippen molar-refractivity contribution in [2.45, 2.75) is 13.8 Å². The van der Waals surface area contributed by atoms with Crippen LogP contribution in [0.4, 0.5) is 0 Å². The summed E-state index contributed by atoms with van der Waals surface area (Å²) in [6, 6.07) is 0. The van der Waals surface area contributed by atoms with Crippen LogP contribution in [0.3, 0.4) is 0 Å². The molecule has 7 nitrogen and oxygen atoms in total. The number of hydrogen-bond donors (Lipinski definition) is 1. The molecular formula is C6H8N3O4+. The van der Waals surface area contributed by atoms with Crippen LogP contribution in [0.5, 0.6) is 0 Å². The highest BCUT2D eigenvalue weighted by Gasteiger charge is 2.25. The lowest BCUT2D eigenvalue weighted by atomic mass is 10.7. The second kappa shape index (κ2) is 2.85. The highest BCUT2D eigenvalue weighted by Crippen LogP contribution is 1.80. The van der Waals surface area contributed by atoms with Gasteiger partial charge >= 0.3 is 17.4 Å². The summed E-state index contributed by atoms with van der Waals surface area (Å²) in [7, 11) is 0. The molecule has 0 aromatic carbocycles. The maximum absolute atomic E-state index is 11.0. The highest BCUT2D eigenvalue weighted by molar-refractivity contribution is 5.80. The summed E-state index contributed by atoms with van der Waals surface area (Å²) in [6.45, 7) is 2.23. The van der Waals surface area contributed by atoms with E-state index in [0.29, 0.717) is 9.48 Å². The Balaban J connectivity index is 3.56. The molecule has 1 rings (SSSR count). The number of nitrogens with zero attached hydrogens (tertiary/aromatic N) is 3. The summed E-state index contributed by atoms with van der Waals surface area (Å²) >= 11 is 0. The van der Waals surface area contributed by atoms with Gasteiger partial charge in [-0.25, -0.2) is 9.59 Å². The van der Waals surface area contributed by atoms with Crippen molar-refractivity contribution in [3.8, 4) is 0 Å². The average molecular weight is 186 g/mol. The van der Waals surface area contributed by atoms with Gasteiger partial charge in [-0.05, 0) is 4.68 Å². The van der Waals surface area contributed by atoms with Crippen LogP contribution < -0.4 is 10.4 Å². The van der Waals surface area contributed by atoms with Crippen LogP contribution in [0.25, 0.3) is 0 Å². The van der Waals surface area contributed by atoms with Gasteiger partial charge in [0.25, 0.3) is 6.20 Å². The summed E-state index contributed by atoms with van der Waals surface area (Å²) in [5.74, 6) is -1.28. The first kappa shape index (κ1) is 9.17. The van der Waals surface area contributed by atoms with Crippen molar-refractivity contribution >= 4 is 11.8 Å². The Morgan fingerprint density at radius 1 is 1.38 bits per heavy atom. The Labute approximate surface area is 72.3 Å². The zero-order valence-corrected chi connectivity index (χ0v) is 7.09. The quantitative estimate of drug-likeness (QED) is 0.394. The molecule has 0 atom stereocenters. The Kier molecular flexibility index (Phi) is 2.01. The molecule has 0 amide bonds. The fraction of sp³-hybridized carbons (Fsp3) is 0.333. The van der Waals surface area contributed by atoms with E-state index in [4.69, 9.17) is 5.21 Å². The Bertz CT molecular complexity index is 428. The summed E-state index contributed by atoms with van der Waals surface area (Å²) in [5, 5.41) is 9.02. The van der Waals surface area contributed by atoms with E-state index < -0.39 is 17.4 Å². The third-order valence-corrected chi connectivity index (χ3v) is 1.40. The van der Waals surface area contributed by atoms with Crippen molar-refractivity contribution in [2.24, 2.45) is 0 Å². The predicted octanol–water partition coefficient (Wildman–Crippen LogP) is -1.51. The molecule has 0 spiro atoms. The molecule has 1 heterocycles. The maximum Gasteiger partial charge on any atom is 0.406 e. The topological polar surface area (TPSA) is 85.2 Å². The molecule has 70 valence electrons. The van der Waals surface area contributed by atoms with Crippen LogP contribution in [0.1, 0.15) is 23.4 Å². The molecule has 1 aromatic heterocycles. The Morgan fingerprint density at radius 2 is 1.92 bits per heavy atom. The molecule has 1 N–H and O–H groups in total. The molecule has 0 aliphatic rings. The van der Waals surface area contributed by atoms with Crippen LogP contribution >= 0.6 is 0 Å². The van der Waals surface area contributed by atoms with E-state index in [1.54, 1.807) is 0 Å². The minimum Gasteiger partial charge on any atom is -0.331 e. The van der Waals surface area contributed by atoms with E-state index in [9.17, 15) is 14.4 Å². The highest BCUT2D eigenvalue weighted by atomic mass is 16.5. The average Bonchev–Trinajstić information content (AvgIpc) is 2.24. The first-order valence-electron chi connectivity index (χ1n) is 3.43. The largest absolute Gasteiger partial charge is 0.406 e. The number of hydrogen-bond acceptors (Lipinski definition) is 4. The van der Waals surface area contributed by atoms with E-state index in [-0.39, 0.29) is 4.85 Å². The monoisotopic (exact) mass is 186 g/mol. The van der Waals surface area contributed by atoms with Crippen LogP contribution in [-0.4, -0.2) is 26.5 Å². The molecule has 0 unspecified atom stereocenters. The third kappa shape index (κ3) is 1.35. The molecule has 0 saturated heterocycles. The zero-order valence-electron chi connectivity index (χ0n) is 7.09. The zero-order chi connectivity index (χ0) is 10.2. The van der Waals surface area contributed by atoms with E-state index >= 15 is 0 Å². The van der Waals surface area contributed by atoms with Gasteiger partial charge < -0.3 is 5.21 Å². The normalized spacial score (nSPS) is 10.0. The minimum atomic E-state index is -0.759. The Hall–Kier alpha value is -1.92. The fourth-order valence-electron chi connectivity index (χ4n) is 0.967. The lowest BCUT2D eigenvalue weighted by Gasteiger charge is -1.94. The SMILES string of the molecule is CC(=O)n1c(=O)c[n+](O)n1C(C)=O. The standard InChI is InChI=1S/C6H8N3O4/c1-4(10)8-6(12)3-7(13)9(8)5(2)11/h3,13H,1-2H3/q+1. The fourth-order valence-corrected chi connectivity index (χ4v) is 0.967. The van der Waals surface area contributed by atoms with Crippen LogP contribution in [0.2, 0.25) is 0 Å². The van der Waals surface area contributed by atoms with E-state index in [2.05, 4.69) is 0 Å². The molecule has 7 heteroatoms. The molecular weight excluding hydrogens is 178 g/mol. The molecule has 0 bridgehead atoms. The smallest absolute Gasteiger partial charge is 0.331 e. The molecule has 0 aliphatic carbocycles. The predicted molar refractivity (Wildman–Crippen MR) is 38.7 cm³/mol. The summed E-state index contributed by atoms with van der Waals surface area (Å²) in [4.78, 5) is 33.5. The van der Waals surface area contributed by atoms with Crippen LogP contribution in [0.15, 0.2) is 11.0 Å². The lowest BCUT2D eigenvalue weighted by molar-refractivity contribution is -0.960. The number of aromatic nitrogens is 3. The van der Waals surface area contributed by atoms with Gasteiger partial charge in [0.15, 0.2) is 0 Å². The van der Waals surface area contributed by atoms with Crippen molar-refractivity contribution in [2.75, 3.05) is 0 Å². The summed E-state index contributed by atoms with van der Waals surface area (Å²) < 4.78 is 0.530.